The minimum atomic E-state index is 0.510. The molecule has 2 aromatic rings. The lowest BCUT2D eigenvalue weighted by molar-refractivity contribution is 0.496. The second kappa shape index (κ2) is 5.86. The van der Waals surface area contributed by atoms with Crippen LogP contribution in [0, 0.1) is 12.8 Å². The molecule has 0 aliphatic rings. The van der Waals surface area contributed by atoms with Gasteiger partial charge in [-0.25, -0.2) is 0 Å². The van der Waals surface area contributed by atoms with Crippen molar-refractivity contribution in [2.75, 3.05) is 0 Å². The standard InChI is InChI=1S/C18H22/c1-4-15(3)18(16-10-6-5-7-11-16)17-12-8-9-14(2)13-17/h5-13,15,18H,4H2,1-3H3. The Morgan fingerprint density at radius 1 is 0.889 bits per heavy atom. The molecule has 0 radical (unpaired) electrons. The molecule has 0 aliphatic heterocycles. The van der Waals surface area contributed by atoms with Gasteiger partial charge < -0.3 is 0 Å². The number of rotatable bonds is 4. The smallest absolute Gasteiger partial charge is 0.0115 e. The van der Waals surface area contributed by atoms with Gasteiger partial charge in [0.05, 0.1) is 0 Å². The van der Waals surface area contributed by atoms with E-state index in [1.54, 1.807) is 0 Å². The van der Waals surface area contributed by atoms with Gasteiger partial charge in [0.25, 0.3) is 0 Å². The van der Waals surface area contributed by atoms with Gasteiger partial charge in [-0.05, 0) is 24.0 Å². The van der Waals surface area contributed by atoms with Crippen molar-refractivity contribution >= 4 is 0 Å². The van der Waals surface area contributed by atoms with Crippen LogP contribution in [0.15, 0.2) is 54.6 Å². The average molecular weight is 238 g/mol. The fourth-order valence-electron chi connectivity index (χ4n) is 2.61. The summed E-state index contributed by atoms with van der Waals surface area (Å²) in [5.74, 6) is 1.17. The zero-order valence-corrected chi connectivity index (χ0v) is 11.6. The molecule has 0 aliphatic carbocycles. The van der Waals surface area contributed by atoms with Crippen molar-refractivity contribution in [3.63, 3.8) is 0 Å². The Balaban J connectivity index is 2.43. The van der Waals surface area contributed by atoms with E-state index in [9.17, 15) is 0 Å². The summed E-state index contributed by atoms with van der Waals surface area (Å²) >= 11 is 0. The van der Waals surface area contributed by atoms with Crippen LogP contribution in [0.5, 0.6) is 0 Å². The van der Waals surface area contributed by atoms with Crippen LogP contribution in [0.2, 0.25) is 0 Å². The molecule has 0 heteroatoms. The molecule has 0 heterocycles. The molecule has 0 nitrogen and oxygen atoms in total. The predicted octanol–water partition coefficient (Wildman–Crippen LogP) is 5.17. The molecule has 18 heavy (non-hydrogen) atoms. The first kappa shape index (κ1) is 12.9. The zero-order chi connectivity index (χ0) is 13.0. The molecule has 0 aromatic heterocycles. The maximum Gasteiger partial charge on any atom is 0.0115 e. The average Bonchev–Trinajstić information content (AvgIpc) is 2.40. The van der Waals surface area contributed by atoms with Gasteiger partial charge in [-0.2, -0.15) is 0 Å². The molecule has 0 fully saturated rings. The molecule has 0 bridgehead atoms. The lowest BCUT2D eigenvalue weighted by Gasteiger charge is -2.24. The molecule has 2 atom stereocenters. The van der Waals surface area contributed by atoms with E-state index in [2.05, 4.69) is 75.4 Å². The molecular formula is C18H22. The van der Waals surface area contributed by atoms with Crippen LogP contribution in [0.3, 0.4) is 0 Å². The van der Waals surface area contributed by atoms with Gasteiger partial charge in [0.1, 0.15) is 0 Å². The molecule has 0 saturated heterocycles. The summed E-state index contributed by atoms with van der Waals surface area (Å²) in [5, 5.41) is 0. The highest BCUT2D eigenvalue weighted by atomic mass is 14.2. The molecule has 94 valence electrons. The van der Waals surface area contributed by atoms with Crippen LogP contribution in [-0.4, -0.2) is 0 Å². The van der Waals surface area contributed by atoms with Gasteiger partial charge in [0, 0.05) is 5.92 Å². The fourth-order valence-corrected chi connectivity index (χ4v) is 2.61. The molecule has 0 spiro atoms. The summed E-state index contributed by atoms with van der Waals surface area (Å²) < 4.78 is 0. The van der Waals surface area contributed by atoms with Crippen molar-refractivity contribution in [3.05, 3.63) is 71.3 Å². The van der Waals surface area contributed by atoms with Gasteiger partial charge in [-0.3, -0.25) is 0 Å². The molecule has 0 amide bonds. The summed E-state index contributed by atoms with van der Waals surface area (Å²) in [6.07, 6.45) is 1.20. The monoisotopic (exact) mass is 238 g/mol. The Morgan fingerprint density at radius 3 is 2.17 bits per heavy atom. The van der Waals surface area contributed by atoms with Crippen LogP contribution in [0.1, 0.15) is 42.9 Å². The van der Waals surface area contributed by atoms with Crippen LogP contribution in [0.25, 0.3) is 0 Å². The van der Waals surface area contributed by atoms with Crippen LogP contribution >= 0.6 is 0 Å². The molecule has 0 N–H and O–H groups in total. The van der Waals surface area contributed by atoms with E-state index < -0.39 is 0 Å². The van der Waals surface area contributed by atoms with Gasteiger partial charge in [0.15, 0.2) is 0 Å². The third-order valence-corrected chi connectivity index (χ3v) is 3.77. The van der Waals surface area contributed by atoms with Crippen LogP contribution in [-0.2, 0) is 0 Å². The molecule has 2 aromatic carbocycles. The SMILES string of the molecule is CCC(C)C(c1ccccc1)c1cccc(C)c1. The number of hydrogen-bond donors (Lipinski definition) is 0. The van der Waals surface area contributed by atoms with E-state index in [1.165, 1.54) is 23.1 Å². The zero-order valence-electron chi connectivity index (χ0n) is 11.6. The molecular weight excluding hydrogens is 216 g/mol. The highest BCUT2D eigenvalue weighted by Gasteiger charge is 2.19. The van der Waals surface area contributed by atoms with Gasteiger partial charge in [-0.15, -0.1) is 0 Å². The minimum Gasteiger partial charge on any atom is -0.0651 e. The first-order valence-corrected chi connectivity index (χ1v) is 6.84. The summed E-state index contributed by atoms with van der Waals surface area (Å²) in [6.45, 7) is 6.79. The highest BCUT2D eigenvalue weighted by molar-refractivity contribution is 5.35. The predicted molar refractivity (Wildman–Crippen MR) is 78.9 cm³/mol. The van der Waals surface area contributed by atoms with Crippen LogP contribution in [0.4, 0.5) is 0 Å². The Labute approximate surface area is 111 Å². The van der Waals surface area contributed by atoms with Crippen molar-refractivity contribution in [1.29, 1.82) is 0 Å². The summed E-state index contributed by atoms with van der Waals surface area (Å²) in [5.41, 5.74) is 4.21. The summed E-state index contributed by atoms with van der Waals surface area (Å²) in [7, 11) is 0. The Kier molecular flexibility index (Phi) is 4.19. The molecule has 2 rings (SSSR count). The molecule has 2 unspecified atom stereocenters. The Bertz CT molecular complexity index is 484. The van der Waals surface area contributed by atoms with Crippen molar-refractivity contribution in [1.82, 2.24) is 0 Å². The first-order valence-electron chi connectivity index (χ1n) is 6.84. The quantitative estimate of drug-likeness (QED) is 0.689. The van der Waals surface area contributed by atoms with Crippen molar-refractivity contribution < 1.29 is 0 Å². The van der Waals surface area contributed by atoms with E-state index in [0.29, 0.717) is 11.8 Å². The Morgan fingerprint density at radius 2 is 1.56 bits per heavy atom. The van der Waals surface area contributed by atoms with Gasteiger partial charge >= 0.3 is 0 Å². The van der Waals surface area contributed by atoms with Crippen LogP contribution < -0.4 is 0 Å². The highest BCUT2D eigenvalue weighted by Crippen LogP contribution is 2.33. The summed E-state index contributed by atoms with van der Waals surface area (Å²) in [4.78, 5) is 0. The topological polar surface area (TPSA) is 0 Å². The number of benzene rings is 2. The maximum absolute atomic E-state index is 2.35. The third kappa shape index (κ3) is 2.81. The third-order valence-electron chi connectivity index (χ3n) is 3.77. The van der Waals surface area contributed by atoms with E-state index >= 15 is 0 Å². The maximum atomic E-state index is 2.35. The molecule has 0 saturated carbocycles. The number of hydrogen-bond acceptors (Lipinski definition) is 0. The Hall–Kier alpha value is -1.56. The fraction of sp³-hybridized carbons (Fsp3) is 0.333. The lowest BCUT2D eigenvalue weighted by atomic mass is 9.80. The van der Waals surface area contributed by atoms with E-state index in [-0.39, 0.29) is 0 Å². The largest absolute Gasteiger partial charge is 0.0651 e. The van der Waals surface area contributed by atoms with Crippen molar-refractivity contribution in [2.45, 2.75) is 33.1 Å². The summed E-state index contributed by atoms with van der Waals surface area (Å²) in [6, 6.07) is 19.8. The second-order valence-electron chi connectivity index (χ2n) is 5.19. The first-order chi connectivity index (χ1) is 8.72. The minimum absolute atomic E-state index is 0.510. The van der Waals surface area contributed by atoms with E-state index in [1.807, 2.05) is 0 Å². The number of aryl methyl sites for hydroxylation is 1. The van der Waals surface area contributed by atoms with Crippen molar-refractivity contribution in [2.24, 2.45) is 5.92 Å². The van der Waals surface area contributed by atoms with E-state index in [0.717, 1.165) is 0 Å². The van der Waals surface area contributed by atoms with Gasteiger partial charge in [-0.1, -0.05) is 80.4 Å². The lowest BCUT2D eigenvalue weighted by Crippen LogP contribution is -2.10. The van der Waals surface area contributed by atoms with Crippen molar-refractivity contribution in [3.8, 4) is 0 Å². The second-order valence-corrected chi connectivity index (χ2v) is 5.19. The van der Waals surface area contributed by atoms with Gasteiger partial charge in [0.2, 0.25) is 0 Å². The normalized spacial score (nSPS) is 14.2. The van der Waals surface area contributed by atoms with E-state index in [4.69, 9.17) is 0 Å².